The summed E-state index contributed by atoms with van der Waals surface area (Å²) in [7, 11) is 0. The standard InChI is InChI=1S/C6H9NO2/c8-5-4-6(9-7-5)2-1-3-6/h1-4H2,(H,7,8). The highest BCUT2D eigenvalue weighted by molar-refractivity contribution is 5.77. The number of rotatable bonds is 0. The average Bonchev–Trinajstić information content (AvgIpc) is 2.09. The minimum atomic E-state index is -0.0723. The summed E-state index contributed by atoms with van der Waals surface area (Å²) in [4.78, 5) is 15.7. The molecule has 2 aliphatic rings. The van der Waals surface area contributed by atoms with E-state index in [1.54, 1.807) is 0 Å². The summed E-state index contributed by atoms with van der Waals surface area (Å²) < 4.78 is 0. The van der Waals surface area contributed by atoms with E-state index in [-0.39, 0.29) is 11.5 Å². The van der Waals surface area contributed by atoms with Crippen molar-refractivity contribution in [3.63, 3.8) is 0 Å². The maximum absolute atomic E-state index is 10.6. The molecule has 1 saturated heterocycles. The molecule has 0 aromatic carbocycles. The van der Waals surface area contributed by atoms with Crippen LogP contribution in [0.1, 0.15) is 25.7 Å². The van der Waals surface area contributed by atoms with Gasteiger partial charge in [-0.3, -0.25) is 9.63 Å². The zero-order chi connectivity index (χ0) is 6.32. The SMILES string of the molecule is O=C1CC2(CCC2)ON1. The maximum Gasteiger partial charge on any atom is 0.246 e. The van der Waals surface area contributed by atoms with Crippen molar-refractivity contribution in [2.75, 3.05) is 0 Å². The van der Waals surface area contributed by atoms with E-state index in [9.17, 15) is 4.79 Å². The molecule has 50 valence electrons. The summed E-state index contributed by atoms with van der Waals surface area (Å²) >= 11 is 0. The minimum absolute atomic E-state index is 0.0368. The van der Waals surface area contributed by atoms with E-state index in [4.69, 9.17) is 4.84 Å². The number of nitrogens with one attached hydrogen (secondary N) is 1. The normalized spacial score (nSPS) is 30.0. The number of hydroxylamine groups is 1. The molecule has 0 radical (unpaired) electrons. The summed E-state index contributed by atoms with van der Waals surface area (Å²) in [5, 5.41) is 0. The molecule has 0 aromatic heterocycles. The van der Waals surface area contributed by atoms with E-state index >= 15 is 0 Å². The molecule has 0 atom stereocenters. The fourth-order valence-electron chi connectivity index (χ4n) is 1.38. The zero-order valence-electron chi connectivity index (χ0n) is 5.14. The van der Waals surface area contributed by atoms with Crippen LogP contribution in [0.2, 0.25) is 0 Å². The van der Waals surface area contributed by atoms with E-state index in [2.05, 4.69) is 5.48 Å². The molecule has 9 heavy (non-hydrogen) atoms. The minimum Gasteiger partial charge on any atom is -0.273 e. The second-order valence-corrected chi connectivity index (χ2v) is 2.84. The summed E-state index contributed by atoms with van der Waals surface area (Å²) in [6.07, 6.45) is 3.87. The Bertz CT molecular complexity index is 151. The van der Waals surface area contributed by atoms with Gasteiger partial charge in [-0.15, -0.1) is 0 Å². The summed E-state index contributed by atoms with van der Waals surface area (Å²) in [6, 6.07) is 0. The highest BCUT2D eigenvalue weighted by atomic mass is 16.7. The van der Waals surface area contributed by atoms with E-state index in [0.717, 1.165) is 12.8 Å². The molecule has 1 spiro atoms. The predicted octanol–water partition coefficient (Wildman–Crippen LogP) is 0.361. The van der Waals surface area contributed by atoms with Gasteiger partial charge in [0.25, 0.3) is 0 Å². The molecule has 3 heteroatoms. The molecule has 0 aromatic rings. The van der Waals surface area contributed by atoms with Crippen LogP contribution in [0.5, 0.6) is 0 Å². The van der Waals surface area contributed by atoms with Crippen molar-refractivity contribution < 1.29 is 9.63 Å². The second kappa shape index (κ2) is 1.48. The van der Waals surface area contributed by atoms with Gasteiger partial charge < -0.3 is 0 Å². The third kappa shape index (κ3) is 0.645. The van der Waals surface area contributed by atoms with Gasteiger partial charge in [0.05, 0.1) is 6.42 Å². The lowest BCUT2D eigenvalue weighted by molar-refractivity contribution is -0.130. The van der Waals surface area contributed by atoms with E-state index < -0.39 is 0 Å². The Morgan fingerprint density at radius 1 is 1.56 bits per heavy atom. The Labute approximate surface area is 53.3 Å². The van der Waals surface area contributed by atoms with Crippen molar-refractivity contribution in [1.29, 1.82) is 0 Å². The van der Waals surface area contributed by atoms with Gasteiger partial charge in [-0.2, -0.15) is 0 Å². The van der Waals surface area contributed by atoms with Gasteiger partial charge in [0.2, 0.25) is 5.91 Å². The van der Waals surface area contributed by atoms with Gasteiger partial charge in [0.15, 0.2) is 0 Å². The number of carbonyl (C=O) groups excluding carboxylic acids is 1. The topological polar surface area (TPSA) is 38.3 Å². The summed E-state index contributed by atoms with van der Waals surface area (Å²) in [5.74, 6) is 0.0368. The lowest BCUT2D eigenvalue weighted by Gasteiger charge is -2.34. The second-order valence-electron chi connectivity index (χ2n) is 2.84. The van der Waals surface area contributed by atoms with Crippen molar-refractivity contribution >= 4 is 5.91 Å². The third-order valence-electron chi connectivity index (χ3n) is 2.13. The molecular formula is C6H9NO2. The highest BCUT2D eigenvalue weighted by Gasteiger charge is 2.45. The lowest BCUT2D eigenvalue weighted by atomic mass is 9.78. The highest BCUT2D eigenvalue weighted by Crippen LogP contribution is 2.40. The van der Waals surface area contributed by atoms with Crippen molar-refractivity contribution in [3.8, 4) is 0 Å². The molecule has 2 rings (SSSR count). The van der Waals surface area contributed by atoms with E-state index in [1.807, 2.05) is 0 Å². The third-order valence-corrected chi connectivity index (χ3v) is 2.13. The molecule has 1 amide bonds. The quantitative estimate of drug-likeness (QED) is 0.510. The zero-order valence-corrected chi connectivity index (χ0v) is 5.14. The molecule has 1 aliphatic carbocycles. The largest absolute Gasteiger partial charge is 0.273 e. The number of hydrogen-bond acceptors (Lipinski definition) is 2. The average molecular weight is 127 g/mol. The summed E-state index contributed by atoms with van der Waals surface area (Å²) in [6.45, 7) is 0. The molecule has 1 heterocycles. The Balaban J connectivity index is 2.07. The molecular weight excluding hydrogens is 118 g/mol. The van der Waals surface area contributed by atoms with Crippen molar-refractivity contribution in [2.45, 2.75) is 31.3 Å². The lowest BCUT2D eigenvalue weighted by Crippen LogP contribution is -2.36. The Morgan fingerprint density at radius 3 is 2.56 bits per heavy atom. The van der Waals surface area contributed by atoms with Crippen LogP contribution in [-0.2, 0) is 9.63 Å². The Kier molecular flexibility index (Phi) is 0.858. The van der Waals surface area contributed by atoms with Crippen molar-refractivity contribution in [2.24, 2.45) is 0 Å². The van der Waals surface area contributed by atoms with Crippen LogP contribution in [0.25, 0.3) is 0 Å². The summed E-state index contributed by atoms with van der Waals surface area (Å²) in [5.41, 5.74) is 2.30. The molecule has 2 fully saturated rings. The monoisotopic (exact) mass is 127 g/mol. The first-order valence-corrected chi connectivity index (χ1v) is 3.28. The van der Waals surface area contributed by atoms with Gasteiger partial charge >= 0.3 is 0 Å². The van der Waals surface area contributed by atoms with Crippen LogP contribution in [0, 0.1) is 0 Å². The van der Waals surface area contributed by atoms with Gasteiger partial charge in [-0.25, -0.2) is 5.48 Å². The molecule has 1 aliphatic heterocycles. The van der Waals surface area contributed by atoms with Crippen LogP contribution in [0.15, 0.2) is 0 Å². The van der Waals surface area contributed by atoms with Gasteiger partial charge in [0.1, 0.15) is 5.60 Å². The Hall–Kier alpha value is -0.570. The first-order valence-electron chi connectivity index (χ1n) is 3.28. The van der Waals surface area contributed by atoms with E-state index in [1.165, 1.54) is 6.42 Å². The first kappa shape index (κ1) is 5.23. The molecule has 1 N–H and O–H groups in total. The van der Waals surface area contributed by atoms with Crippen LogP contribution in [0.4, 0.5) is 0 Å². The predicted molar refractivity (Wildman–Crippen MR) is 30.4 cm³/mol. The van der Waals surface area contributed by atoms with Gasteiger partial charge in [-0.05, 0) is 19.3 Å². The maximum atomic E-state index is 10.6. The molecule has 3 nitrogen and oxygen atoms in total. The molecule has 0 bridgehead atoms. The number of carbonyl (C=O) groups is 1. The first-order chi connectivity index (χ1) is 4.31. The van der Waals surface area contributed by atoms with Crippen LogP contribution in [-0.4, -0.2) is 11.5 Å². The van der Waals surface area contributed by atoms with Crippen molar-refractivity contribution in [3.05, 3.63) is 0 Å². The van der Waals surface area contributed by atoms with Crippen molar-refractivity contribution in [1.82, 2.24) is 5.48 Å². The smallest absolute Gasteiger partial charge is 0.246 e. The Morgan fingerprint density at radius 2 is 2.33 bits per heavy atom. The molecule has 0 unspecified atom stereocenters. The van der Waals surface area contributed by atoms with Crippen LogP contribution < -0.4 is 5.48 Å². The fourth-order valence-corrected chi connectivity index (χ4v) is 1.38. The van der Waals surface area contributed by atoms with Crippen LogP contribution in [0.3, 0.4) is 0 Å². The number of amides is 1. The van der Waals surface area contributed by atoms with E-state index in [0.29, 0.717) is 6.42 Å². The molecule has 1 saturated carbocycles. The van der Waals surface area contributed by atoms with Gasteiger partial charge in [-0.1, -0.05) is 0 Å². The van der Waals surface area contributed by atoms with Crippen LogP contribution >= 0.6 is 0 Å². The number of hydrogen-bond donors (Lipinski definition) is 1. The fraction of sp³-hybridized carbons (Fsp3) is 0.833. The van der Waals surface area contributed by atoms with Gasteiger partial charge in [0, 0.05) is 0 Å².